The molecule has 0 atom stereocenters. The molecule has 0 radical (unpaired) electrons. The predicted molar refractivity (Wildman–Crippen MR) is 38.3 cm³/mol. The number of hydrogen-bond acceptors (Lipinski definition) is 5. The van der Waals surface area contributed by atoms with E-state index in [2.05, 4.69) is 19.7 Å². The second-order valence-electron chi connectivity index (χ2n) is 1.84. The molecular weight excluding hydrogens is 168 g/mol. The highest BCUT2D eigenvalue weighted by Crippen LogP contribution is 1.94. The Hall–Kier alpha value is -1.24. The van der Waals surface area contributed by atoms with E-state index in [1.165, 1.54) is 12.7 Å². The van der Waals surface area contributed by atoms with E-state index in [4.69, 9.17) is 0 Å². The molecule has 0 bridgehead atoms. The average molecular weight is 174 g/mol. The van der Waals surface area contributed by atoms with Crippen molar-refractivity contribution in [2.75, 3.05) is 11.0 Å². The quantitative estimate of drug-likeness (QED) is 0.637. The van der Waals surface area contributed by atoms with Crippen molar-refractivity contribution in [3.8, 4) is 0 Å². The molecule has 1 aromatic rings. The van der Waals surface area contributed by atoms with Crippen LogP contribution in [0, 0.1) is 0 Å². The number of nitrogens with one attached hydrogen (secondary N) is 1. The van der Waals surface area contributed by atoms with Crippen molar-refractivity contribution in [3.05, 3.63) is 12.7 Å². The normalized spacial score (nSPS) is 11.0. The van der Waals surface area contributed by atoms with E-state index >= 15 is 0 Å². The second-order valence-corrected chi connectivity index (χ2v) is 3.58. The molecule has 60 valence electrons. The molecule has 0 aliphatic heterocycles. The van der Waals surface area contributed by atoms with Gasteiger partial charge in [-0.05, 0) is 0 Å². The van der Waals surface area contributed by atoms with Crippen molar-refractivity contribution in [2.24, 2.45) is 0 Å². The fourth-order valence-electron chi connectivity index (χ4n) is 0.458. The number of sulfonamides is 1. The summed E-state index contributed by atoms with van der Waals surface area (Å²) < 4.78 is 23.3. The van der Waals surface area contributed by atoms with Gasteiger partial charge in [0, 0.05) is 0 Å². The first-order valence-corrected chi connectivity index (χ1v) is 4.57. The summed E-state index contributed by atoms with van der Waals surface area (Å²) in [6.45, 7) is 0. The zero-order valence-corrected chi connectivity index (χ0v) is 6.54. The smallest absolute Gasteiger partial charge is 0.239 e. The molecule has 1 N–H and O–H groups in total. The number of nitrogens with zero attached hydrogens (tertiary/aromatic N) is 3. The van der Waals surface area contributed by atoms with Crippen LogP contribution >= 0.6 is 0 Å². The van der Waals surface area contributed by atoms with Crippen LogP contribution in [0.25, 0.3) is 0 Å². The van der Waals surface area contributed by atoms with Gasteiger partial charge in [-0.25, -0.2) is 23.4 Å². The van der Waals surface area contributed by atoms with Gasteiger partial charge in [-0.2, -0.15) is 0 Å². The van der Waals surface area contributed by atoms with Crippen molar-refractivity contribution in [2.45, 2.75) is 0 Å². The standard InChI is InChI=1S/C4H6N4O2S/c1-11(9,10)8-4-6-2-5-3-7-4/h2-3H,1H3,(H,5,6,7,8). The first-order valence-electron chi connectivity index (χ1n) is 2.68. The minimum Gasteiger partial charge on any atom is -0.251 e. The summed E-state index contributed by atoms with van der Waals surface area (Å²) >= 11 is 0. The van der Waals surface area contributed by atoms with E-state index in [0.29, 0.717) is 0 Å². The third-order valence-corrected chi connectivity index (χ3v) is 1.32. The van der Waals surface area contributed by atoms with E-state index in [9.17, 15) is 8.42 Å². The predicted octanol–water partition coefficient (Wildman–Crippen LogP) is -0.757. The van der Waals surface area contributed by atoms with Crippen LogP contribution in [0.3, 0.4) is 0 Å². The summed E-state index contributed by atoms with van der Waals surface area (Å²) in [7, 11) is -3.28. The van der Waals surface area contributed by atoms with Gasteiger partial charge in [0.1, 0.15) is 12.7 Å². The number of rotatable bonds is 2. The zero-order chi connectivity index (χ0) is 8.32. The topological polar surface area (TPSA) is 84.8 Å². The zero-order valence-electron chi connectivity index (χ0n) is 5.72. The summed E-state index contributed by atoms with van der Waals surface area (Å²) in [5.41, 5.74) is 0. The molecule has 1 aromatic heterocycles. The maximum atomic E-state index is 10.6. The fraction of sp³-hybridized carbons (Fsp3) is 0.250. The largest absolute Gasteiger partial charge is 0.251 e. The van der Waals surface area contributed by atoms with Crippen molar-refractivity contribution in [3.63, 3.8) is 0 Å². The molecule has 0 aliphatic rings. The molecule has 6 nitrogen and oxygen atoms in total. The molecule has 0 saturated heterocycles. The Bertz CT molecular complexity index is 321. The molecule has 1 heterocycles. The average Bonchev–Trinajstić information content (AvgIpc) is 1.85. The fourth-order valence-corrected chi connectivity index (χ4v) is 0.895. The lowest BCUT2D eigenvalue weighted by Crippen LogP contribution is -2.11. The molecule has 7 heteroatoms. The Balaban J connectivity index is 2.82. The SMILES string of the molecule is CS(=O)(=O)Nc1ncncn1. The Morgan fingerprint density at radius 3 is 2.36 bits per heavy atom. The van der Waals surface area contributed by atoms with Crippen LogP contribution in [0.2, 0.25) is 0 Å². The van der Waals surface area contributed by atoms with Gasteiger partial charge in [-0.1, -0.05) is 0 Å². The first kappa shape index (κ1) is 7.86. The summed E-state index contributed by atoms with van der Waals surface area (Å²) in [6.07, 6.45) is 3.44. The molecule has 0 amide bonds. The maximum absolute atomic E-state index is 10.6. The Morgan fingerprint density at radius 1 is 1.36 bits per heavy atom. The van der Waals surface area contributed by atoms with Gasteiger partial charge in [-0.3, -0.25) is 4.72 Å². The monoisotopic (exact) mass is 174 g/mol. The van der Waals surface area contributed by atoms with Crippen molar-refractivity contribution in [1.29, 1.82) is 0 Å². The van der Waals surface area contributed by atoms with Gasteiger partial charge >= 0.3 is 0 Å². The number of aromatic nitrogens is 3. The van der Waals surface area contributed by atoms with Gasteiger partial charge in [0.05, 0.1) is 6.26 Å². The molecule has 0 saturated carbocycles. The lowest BCUT2D eigenvalue weighted by molar-refractivity contribution is 0.606. The molecule has 1 rings (SSSR count). The van der Waals surface area contributed by atoms with Crippen molar-refractivity contribution in [1.82, 2.24) is 15.0 Å². The summed E-state index contributed by atoms with van der Waals surface area (Å²) in [6, 6.07) is 0. The van der Waals surface area contributed by atoms with Crippen LogP contribution in [-0.2, 0) is 10.0 Å². The van der Waals surface area contributed by atoms with Crippen molar-refractivity contribution < 1.29 is 8.42 Å². The molecule has 0 aliphatic carbocycles. The molecule has 0 spiro atoms. The van der Waals surface area contributed by atoms with Crippen molar-refractivity contribution >= 4 is 16.0 Å². The Labute approximate surface area is 63.8 Å². The van der Waals surface area contributed by atoms with E-state index in [-0.39, 0.29) is 5.95 Å². The second kappa shape index (κ2) is 2.79. The molecule has 0 aromatic carbocycles. The highest BCUT2D eigenvalue weighted by molar-refractivity contribution is 7.91. The minimum absolute atomic E-state index is 0.0301. The van der Waals surface area contributed by atoms with Gasteiger partial charge < -0.3 is 0 Å². The first-order chi connectivity index (χ1) is 5.08. The maximum Gasteiger partial charge on any atom is 0.239 e. The van der Waals surface area contributed by atoms with Crippen LogP contribution in [0.5, 0.6) is 0 Å². The highest BCUT2D eigenvalue weighted by Gasteiger charge is 2.01. The minimum atomic E-state index is -3.28. The Kier molecular flexibility index (Phi) is 1.99. The highest BCUT2D eigenvalue weighted by atomic mass is 32.2. The van der Waals surface area contributed by atoms with E-state index < -0.39 is 10.0 Å². The summed E-state index contributed by atoms with van der Waals surface area (Å²) in [5, 5.41) is 0. The van der Waals surface area contributed by atoms with E-state index in [0.717, 1.165) is 6.26 Å². The lowest BCUT2D eigenvalue weighted by Gasteiger charge is -1.97. The number of hydrogen-bond donors (Lipinski definition) is 1. The van der Waals surface area contributed by atoms with Crippen LogP contribution in [0.4, 0.5) is 5.95 Å². The van der Waals surface area contributed by atoms with Gasteiger partial charge in [0.2, 0.25) is 16.0 Å². The lowest BCUT2D eigenvalue weighted by atomic mass is 11.0. The van der Waals surface area contributed by atoms with Gasteiger partial charge in [-0.15, -0.1) is 0 Å². The van der Waals surface area contributed by atoms with Crippen LogP contribution in [-0.4, -0.2) is 29.6 Å². The molecule has 0 fully saturated rings. The molecule has 11 heavy (non-hydrogen) atoms. The van der Waals surface area contributed by atoms with E-state index in [1.807, 2.05) is 0 Å². The van der Waals surface area contributed by atoms with Crippen LogP contribution < -0.4 is 4.72 Å². The number of anilines is 1. The third kappa shape index (κ3) is 2.89. The van der Waals surface area contributed by atoms with Crippen LogP contribution in [0.1, 0.15) is 0 Å². The molecular formula is C4H6N4O2S. The van der Waals surface area contributed by atoms with E-state index in [1.54, 1.807) is 0 Å². The summed E-state index contributed by atoms with van der Waals surface area (Å²) in [4.78, 5) is 10.6. The van der Waals surface area contributed by atoms with Gasteiger partial charge in [0.15, 0.2) is 0 Å². The summed E-state index contributed by atoms with van der Waals surface area (Å²) in [5.74, 6) is 0.0301. The molecule has 0 unspecified atom stereocenters. The Morgan fingerprint density at radius 2 is 1.91 bits per heavy atom. The van der Waals surface area contributed by atoms with Gasteiger partial charge in [0.25, 0.3) is 0 Å². The van der Waals surface area contributed by atoms with Crippen LogP contribution in [0.15, 0.2) is 12.7 Å². The third-order valence-electron chi connectivity index (χ3n) is 0.770.